The minimum absolute atomic E-state index is 0.241. The van der Waals surface area contributed by atoms with E-state index in [0.29, 0.717) is 0 Å². The summed E-state index contributed by atoms with van der Waals surface area (Å²) in [5.41, 5.74) is -0.551. The summed E-state index contributed by atoms with van der Waals surface area (Å²) in [4.78, 5) is 47.2. The minimum Gasteiger partial charge on any atom is -0.387 e. The van der Waals surface area contributed by atoms with E-state index in [1.165, 1.54) is 48.5 Å². The van der Waals surface area contributed by atoms with Crippen LogP contribution in [0.4, 0.5) is 0 Å². The fourth-order valence-electron chi connectivity index (χ4n) is 1.71. The summed E-state index contributed by atoms with van der Waals surface area (Å²) in [6.45, 7) is 0. The molecule has 0 aliphatic carbocycles. The van der Waals surface area contributed by atoms with Crippen LogP contribution in [-0.4, -0.2) is 46.3 Å². The number of esters is 4. The van der Waals surface area contributed by atoms with Gasteiger partial charge in [-0.15, -0.1) is 0 Å². The molecule has 0 aliphatic heterocycles. The summed E-state index contributed by atoms with van der Waals surface area (Å²) in [6.07, 6.45) is -5.04. The molecule has 26 heavy (non-hydrogen) atoms. The molecule has 0 saturated heterocycles. The van der Waals surface area contributed by atoms with E-state index in [4.69, 9.17) is 2.74 Å². The molecule has 2 rings (SSSR count). The van der Waals surface area contributed by atoms with Gasteiger partial charge >= 0.3 is 23.9 Å². The largest absolute Gasteiger partial charge is 0.387 e. The number of rotatable bonds is 5. The Balaban J connectivity index is 1.99. The quantitative estimate of drug-likeness (QED) is 0.582. The minimum atomic E-state index is -2.52. The molecule has 0 spiro atoms. The zero-order chi connectivity index (χ0) is 20.8. The highest BCUT2D eigenvalue weighted by Crippen LogP contribution is 2.07. The Morgan fingerprint density at radius 3 is 1.46 bits per heavy atom. The first kappa shape index (κ1) is 16.1. The molecule has 0 heterocycles. The molecule has 2 atom stereocenters. The summed E-state index contributed by atoms with van der Waals surface area (Å²) < 4.78 is 23.7. The van der Waals surface area contributed by atoms with E-state index in [-0.39, 0.29) is 23.2 Å². The second-order valence-electron chi connectivity index (χ2n) is 4.86. The van der Waals surface area contributed by atoms with Gasteiger partial charge in [0.1, 0.15) is 0 Å². The SMILES string of the molecule is [2H]c1ccccc1C(=O)OC(=O)C(O)C(O)C(=O)OC(=O)c1ccccc1[2H]. The Morgan fingerprint density at radius 2 is 1.12 bits per heavy atom. The van der Waals surface area contributed by atoms with E-state index in [1.54, 1.807) is 0 Å². The van der Waals surface area contributed by atoms with Crippen molar-refractivity contribution in [3.8, 4) is 0 Å². The highest BCUT2D eigenvalue weighted by molar-refractivity contribution is 6.01. The molecule has 2 aromatic carbocycles. The van der Waals surface area contributed by atoms with Crippen LogP contribution in [0.5, 0.6) is 0 Å². The average molecular weight is 360 g/mol. The molecule has 0 amide bonds. The number of hydrogen-bond acceptors (Lipinski definition) is 8. The highest BCUT2D eigenvalue weighted by atomic mass is 16.6. The normalized spacial score (nSPS) is 13.6. The molecule has 0 bridgehead atoms. The third kappa shape index (κ3) is 4.82. The highest BCUT2D eigenvalue weighted by Gasteiger charge is 2.35. The summed E-state index contributed by atoms with van der Waals surface area (Å²) in [6, 6.07) is 10.2. The van der Waals surface area contributed by atoms with Crippen molar-refractivity contribution >= 4 is 23.9 Å². The number of aliphatic hydroxyl groups excluding tert-OH is 2. The van der Waals surface area contributed by atoms with E-state index in [2.05, 4.69) is 9.47 Å². The van der Waals surface area contributed by atoms with Crippen LogP contribution >= 0.6 is 0 Å². The lowest BCUT2D eigenvalue weighted by Crippen LogP contribution is -2.43. The van der Waals surface area contributed by atoms with E-state index in [0.717, 1.165) is 0 Å². The third-order valence-electron chi connectivity index (χ3n) is 3.03. The Kier molecular flexibility index (Phi) is 5.37. The summed E-state index contributed by atoms with van der Waals surface area (Å²) >= 11 is 0. The average Bonchev–Trinajstić information content (AvgIpc) is 2.67. The first-order valence-corrected chi connectivity index (χ1v) is 7.21. The van der Waals surface area contributed by atoms with Gasteiger partial charge < -0.3 is 19.7 Å². The van der Waals surface area contributed by atoms with Crippen LogP contribution in [0.2, 0.25) is 0 Å². The van der Waals surface area contributed by atoms with Crippen LogP contribution in [0.25, 0.3) is 0 Å². The van der Waals surface area contributed by atoms with Gasteiger partial charge in [-0.25, -0.2) is 19.2 Å². The van der Waals surface area contributed by atoms with Crippen LogP contribution in [0.15, 0.2) is 60.6 Å². The summed E-state index contributed by atoms with van der Waals surface area (Å²) in [5.74, 6) is -5.89. The molecule has 8 nitrogen and oxygen atoms in total. The fourth-order valence-corrected chi connectivity index (χ4v) is 1.71. The van der Waals surface area contributed by atoms with Gasteiger partial charge in [0, 0.05) is 0 Å². The molecule has 2 unspecified atom stereocenters. The maximum Gasteiger partial charge on any atom is 0.346 e. The standard InChI is InChI=1S/C18H14O8/c19-13(17(23)25-15(21)11-7-3-1-4-8-11)14(20)18(24)26-16(22)12-9-5-2-6-10-12/h1-10,13-14,19-20H/i7D,9D. The van der Waals surface area contributed by atoms with Gasteiger partial charge in [0.15, 0.2) is 12.2 Å². The first-order valence-electron chi connectivity index (χ1n) is 8.21. The van der Waals surface area contributed by atoms with Crippen molar-refractivity contribution in [1.29, 1.82) is 0 Å². The van der Waals surface area contributed by atoms with Gasteiger partial charge in [-0.1, -0.05) is 36.4 Å². The van der Waals surface area contributed by atoms with Crippen LogP contribution in [0.1, 0.15) is 23.5 Å². The van der Waals surface area contributed by atoms with E-state index in [1.807, 2.05) is 0 Å². The fraction of sp³-hybridized carbons (Fsp3) is 0.111. The number of carbonyl (C=O) groups is 4. The molecule has 0 fully saturated rings. The van der Waals surface area contributed by atoms with Gasteiger partial charge in [0.2, 0.25) is 0 Å². The molecule has 0 radical (unpaired) electrons. The Morgan fingerprint density at radius 1 is 0.731 bits per heavy atom. The van der Waals surface area contributed by atoms with Crippen LogP contribution in [0.3, 0.4) is 0 Å². The van der Waals surface area contributed by atoms with Gasteiger partial charge in [0.05, 0.1) is 13.9 Å². The van der Waals surface area contributed by atoms with Crippen LogP contribution in [-0.2, 0) is 19.1 Å². The van der Waals surface area contributed by atoms with Crippen molar-refractivity contribution in [3.05, 3.63) is 71.7 Å². The zero-order valence-corrected chi connectivity index (χ0v) is 13.1. The van der Waals surface area contributed by atoms with Crippen molar-refractivity contribution in [1.82, 2.24) is 0 Å². The number of carbonyl (C=O) groups excluding carboxylic acids is 4. The Labute approximate surface area is 150 Å². The van der Waals surface area contributed by atoms with Crippen molar-refractivity contribution in [2.45, 2.75) is 12.2 Å². The molecule has 2 aromatic rings. The molecule has 0 aromatic heterocycles. The molecule has 134 valence electrons. The number of hydrogen-bond donors (Lipinski definition) is 2. The monoisotopic (exact) mass is 360 g/mol. The predicted molar refractivity (Wildman–Crippen MR) is 85.7 cm³/mol. The predicted octanol–water partition coefficient (Wildman–Crippen LogP) is 0.475. The second-order valence-corrected chi connectivity index (χ2v) is 4.86. The van der Waals surface area contributed by atoms with Crippen molar-refractivity contribution in [3.63, 3.8) is 0 Å². The first-order chi connectivity index (χ1) is 13.2. The topological polar surface area (TPSA) is 127 Å². The third-order valence-corrected chi connectivity index (χ3v) is 3.03. The molecular weight excluding hydrogens is 344 g/mol. The second kappa shape index (κ2) is 8.65. The van der Waals surface area contributed by atoms with Gasteiger partial charge in [-0.2, -0.15) is 0 Å². The van der Waals surface area contributed by atoms with E-state index in [9.17, 15) is 29.4 Å². The number of ether oxygens (including phenoxy) is 2. The smallest absolute Gasteiger partial charge is 0.346 e. The lowest BCUT2D eigenvalue weighted by atomic mass is 10.2. The van der Waals surface area contributed by atoms with E-state index >= 15 is 0 Å². The lowest BCUT2D eigenvalue weighted by Gasteiger charge is -2.14. The van der Waals surface area contributed by atoms with Crippen molar-refractivity contribution < 1.29 is 41.6 Å². The van der Waals surface area contributed by atoms with Crippen LogP contribution in [0, 0.1) is 0 Å². The maximum absolute atomic E-state index is 11.8. The number of benzene rings is 2. The number of aliphatic hydroxyl groups is 2. The molecular formula is C18H14O8. The lowest BCUT2D eigenvalue weighted by molar-refractivity contribution is -0.166. The molecule has 0 saturated carbocycles. The van der Waals surface area contributed by atoms with E-state index < -0.39 is 36.1 Å². The van der Waals surface area contributed by atoms with Gasteiger partial charge in [-0.3, -0.25) is 0 Å². The Hall–Kier alpha value is -3.36. The summed E-state index contributed by atoms with van der Waals surface area (Å²) in [5, 5.41) is 19.4. The maximum atomic E-state index is 11.8. The molecule has 0 aliphatic rings. The van der Waals surface area contributed by atoms with Gasteiger partial charge in [-0.05, 0) is 24.2 Å². The summed E-state index contributed by atoms with van der Waals surface area (Å²) in [7, 11) is 0. The van der Waals surface area contributed by atoms with Crippen molar-refractivity contribution in [2.24, 2.45) is 0 Å². The zero-order valence-electron chi connectivity index (χ0n) is 15.1. The molecule has 8 heteroatoms. The Bertz CT molecular complexity index is 852. The van der Waals surface area contributed by atoms with Gasteiger partial charge in [0.25, 0.3) is 0 Å². The molecule has 2 N–H and O–H groups in total. The van der Waals surface area contributed by atoms with Crippen molar-refractivity contribution in [2.75, 3.05) is 0 Å². The van der Waals surface area contributed by atoms with Crippen LogP contribution < -0.4 is 0 Å².